The Morgan fingerprint density at radius 1 is 1.23 bits per heavy atom. The molecule has 1 amide bonds. The summed E-state index contributed by atoms with van der Waals surface area (Å²) < 4.78 is 13.3. The molecule has 0 atom stereocenters. The number of carbonyl (C=O) groups is 3. The summed E-state index contributed by atoms with van der Waals surface area (Å²) in [5.74, 6) is -2.57. The van der Waals surface area contributed by atoms with Crippen LogP contribution in [-0.4, -0.2) is 34.3 Å². The average Bonchev–Trinajstić information content (AvgIpc) is 3.03. The fourth-order valence-electron chi connectivity index (χ4n) is 3.44. The van der Waals surface area contributed by atoms with Gasteiger partial charge in [0.05, 0.1) is 12.1 Å². The number of carbonyl (C=O) groups excluding carboxylic acids is 3. The summed E-state index contributed by atoms with van der Waals surface area (Å²) in [7, 11) is 0. The minimum atomic E-state index is -0.893. The first-order chi connectivity index (χ1) is 12.5. The number of nitrogens with one attached hydrogen (secondary N) is 1. The van der Waals surface area contributed by atoms with Gasteiger partial charge >= 0.3 is 11.9 Å². The average molecular weight is 360 g/mol. The smallest absolute Gasteiger partial charge is 0.329 e. The molecule has 1 aliphatic carbocycles. The molecule has 0 saturated heterocycles. The second kappa shape index (κ2) is 7.68. The topological polar surface area (TPSA) is 79.5 Å². The van der Waals surface area contributed by atoms with Crippen LogP contribution in [0.4, 0.5) is 4.39 Å². The number of aromatic nitrogens is 1. The molecule has 6 nitrogen and oxygen atoms in total. The summed E-state index contributed by atoms with van der Waals surface area (Å²) in [6.07, 6.45) is 6.53. The third-order valence-electron chi connectivity index (χ3n) is 4.70. The van der Waals surface area contributed by atoms with Gasteiger partial charge in [-0.1, -0.05) is 19.3 Å². The van der Waals surface area contributed by atoms with Gasteiger partial charge in [0.15, 0.2) is 0 Å². The Balaban J connectivity index is 1.82. The van der Waals surface area contributed by atoms with E-state index >= 15 is 0 Å². The minimum Gasteiger partial charge on any atom is -0.360 e. The molecule has 1 aliphatic rings. The van der Waals surface area contributed by atoms with Gasteiger partial charge in [-0.2, -0.15) is 5.06 Å². The fraction of sp³-hybridized carbons (Fsp3) is 0.421. The maximum Gasteiger partial charge on any atom is 0.329 e. The molecule has 138 valence electrons. The molecule has 2 aromatic rings. The number of benzene rings is 1. The molecule has 1 fully saturated rings. The molecular weight excluding hydrogens is 339 g/mol. The molecule has 26 heavy (non-hydrogen) atoms. The number of hydrogen-bond donors (Lipinski definition) is 1. The van der Waals surface area contributed by atoms with Crippen LogP contribution in [0.5, 0.6) is 0 Å². The zero-order valence-electron chi connectivity index (χ0n) is 14.6. The Labute approximate surface area is 150 Å². The normalized spacial score (nSPS) is 15.0. The molecule has 7 heteroatoms. The van der Waals surface area contributed by atoms with Crippen LogP contribution in [0.3, 0.4) is 0 Å². The molecule has 1 saturated carbocycles. The van der Waals surface area contributed by atoms with Crippen molar-refractivity contribution in [2.75, 3.05) is 6.54 Å². The van der Waals surface area contributed by atoms with Gasteiger partial charge < -0.3 is 9.82 Å². The Kier molecular flexibility index (Phi) is 5.35. The highest BCUT2D eigenvalue weighted by Crippen LogP contribution is 2.25. The van der Waals surface area contributed by atoms with Crippen LogP contribution in [0.25, 0.3) is 10.9 Å². The van der Waals surface area contributed by atoms with Gasteiger partial charge in [-0.15, -0.1) is 0 Å². The van der Waals surface area contributed by atoms with Gasteiger partial charge in [0.2, 0.25) is 0 Å². The van der Waals surface area contributed by atoms with E-state index in [0.29, 0.717) is 10.9 Å². The predicted molar refractivity (Wildman–Crippen MR) is 92.6 cm³/mol. The lowest BCUT2D eigenvalue weighted by Gasteiger charge is -2.27. The minimum absolute atomic E-state index is 0.130. The number of nitrogens with zero attached hydrogens (tertiary/aromatic N) is 1. The van der Waals surface area contributed by atoms with E-state index in [2.05, 4.69) is 4.98 Å². The van der Waals surface area contributed by atoms with Gasteiger partial charge in [-0.05, 0) is 37.0 Å². The first-order valence-electron chi connectivity index (χ1n) is 8.77. The number of amides is 1. The van der Waals surface area contributed by atoms with E-state index in [9.17, 15) is 18.8 Å². The highest BCUT2D eigenvalue weighted by molar-refractivity contribution is 6.44. The Morgan fingerprint density at radius 2 is 1.96 bits per heavy atom. The molecular formula is C19H21FN2O4. The van der Waals surface area contributed by atoms with Crippen LogP contribution in [0.1, 0.15) is 49.4 Å². The summed E-state index contributed by atoms with van der Waals surface area (Å²) in [6, 6.07) is 3.92. The van der Waals surface area contributed by atoms with Gasteiger partial charge in [-0.3, -0.25) is 14.4 Å². The lowest BCUT2D eigenvalue weighted by atomic mass is 9.89. The summed E-state index contributed by atoms with van der Waals surface area (Å²) in [6.45, 7) is 1.40. The van der Waals surface area contributed by atoms with Gasteiger partial charge in [0.25, 0.3) is 5.78 Å². The second-order valence-electron chi connectivity index (χ2n) is 6.67. The molecule has 3 rings (SSSR count). The first kappa shape index (κ1) is 18.1. The monoisotopic (exact) mass is 360 g/mol. The van der Waals surface area contributed by atoms with E-state index in [-0.39, 0.29) is 18.0 Å². The van der Waals surface area contributed by atoms with E-state index < -0.39 is 23.5 Å². The van der Waals surface area contributed by atoms with Crippen molar-refractivity contribution < 1.29 is 23.6 Å². The zero-order chi connectivity index (χ0) is 18.7. The molecule has 1 aromatic carbocycles. The number of aromatic amines is 1. The SMILES string of the molecule is CC(=O)ON(CC1CCCCC1)C(=O)C(=O)c1c[nH]c2cc(F)ccc12. The predicted octanol–water partition coefficient (Wildman–Crippen LogP) is 3.38. The Bertz CT molecular complexity index is 839. The van der Waals surface area contributed by atoms with E-state index in [1.54, 1.807) is 0 Å². The summed E-state index contributed by atoms with van der Waals surface area (Å²) in [5.41, 5.74) is 0.554. The largest absolute Gasteiger partial charge is 0.360 e. The molecule has 0 spiro atoms. The number of ketones is 1. The molecule has 1 N–H and O–H groups in total. The van der Waals surface area contributed by atoms with E-state index in [0.717, 1.165) is 37.2 Å². The molecule has 0 unspecified atom stereocenters. The Hall–Kier alpha value is -2.70. The number of Topliss-reactive ketones (excluding diaryl/α,β-unsaturated/α-hetero) is 1. The fourth-order valence-corrected chi connectivity index (χ4v) is 3.44. The van der Waals surface area contributed by atoms with Crippen molar-refractivity contribution in [1.82, 2.24) is 10.0 Å². The highest BCUT2D eigenvalue weighted by Gasteiger charge is 2.30. The number of fused-ring (bicyclic) bond motifs is 1. The molecule has 0 bridgehead atoms. The zero-order valence-corrected chi connectivity index (χ0v) is 14.6. The van der Waals surface area contributed by atoms with Crippen molar-refractivity contribution in [2.24, 2.45) is 5.92 Å². The lowest BCUT2D eigenvalue weighted by Crippen LogP contribution is -2.41. The van der Waals surface area contributed by atoms with Gasteiger partial charge in [0.1, 0.15) is 5.82 Å². The van der Waals surface area contributed by atoms with Crippen LogP contribution in [0.2, 0.25) is 0 Å². The van der Waals surface area contributed by atoms with Crippen LogP contribution < -0.4 is 0 Å². The molecule has 0 radical (unpaired) electrons. The highest BCUT2D eigenvalue weighted by atomic mass is 19.1. The first-order valence-corrected chi connectivity index (χ1v) is 8.77. The summed E-state index contributed by atoms with van der Waals surface area (Å²) in [5, 5.41) is 1.33. The van der Waals surface area contributed by atoms with E-state index in [4.69, 9.17) is 4.84 Å². The third kappa shape index (κ3) is 3.92. The van der Waals surface area contributed by atoms with Crippen LogP contribution in [0.15, 0.2) is 24.4 Å². The second-order valence-corrected chi connectivity index (χ2v) is 6.67. The summed E-state index contributed by atoms with van der Waals surface area (Å²) >= 11 is 0. The van der Waals surface area contributed by atoms with Crippen molar-refractivity contribution in [3.05, 3.63) is 35.8 Å². The van der Waals surface area contributed by atoms with Gasteiger partial charge in [-0.25, -0.2) is 4.39 Å². The lowest BCUT2D eigenvalue weighted by molar-refractivity contribution is -0.195. The number of halogens is 1. The quantitative estimate of drug-likeness (QED) is 0.515. The standard InChI is InChI=1S/C19H21FN2O4/c1-12(23)26-22(11-13-5-3-2-4-6-13)19(25)18(24)16-10-21-17-9-14(20)7-8-15(16)17/h7-10,13,21H,2-6,11H2,1H3. The number of hydroxylamine groups is 2. The summed E-state index contributed by atoms with van der Waals surface area (Å²) in [4.78, 5) is 44.5. The molecule has 1 aromatic heterocycles. The Morgan fingerprint density at radius 3 is 2.65 bits per heavy atom. The maximum absolute atomic E-state index is 13.3. The van der Waals surface area contributed by atoms with E-state index in [1.165, 1.54) is 31.3 Å². The number of rotatable bonds is 4. The number of H-pyrrole nitrogens is 1. The van der Waals surface area contributed by atoms with Gasteiger partial charge in [0, 0.05) is 24.0 Å². The third-order valence-corrected chi connectivity index (χ3v) is 4.70. The maximum atomic E-state index is 13.3. The van der Waals surface area contributed by atoms with E-state index in [1.807, 2.05) is 0 Å². The van der Waals surface area contributed by atoms with Crippen molar-refractivity contribution in [1.29, 1.82) is 0 Å². The van der Waals surface area contributed by atoms with Crippen LogP contribution in [0, 0.1) is 11.7 Å². The van der Waals surface area contributed by atoms with Crippen molar-refractivity contribution >= 4 is 28.6 Å². The molecule has 1 heterocycles. The van der Waals surface area contributed by atoms with Crippen molar-refractivity contribution in [3.8, 4) is 0 Å². The van der Waals surface area contributed by atoms with Crippen LogP contribution >= 0.6 is 0 Å². The van der Waals surface area contributed by atoms with Crippen molar-refractivity contribution in [2.45, 2.75) is 39.0 Å². The van der Waals surface area contributed by atoms with Crippen LogP contribution in [-0.2, 0) is 14.4 Å². The van der Waals surface area contributed by atoms with Crippen molar-refractivity contribution in [3.63, 3.8) is 0 Å². The number of hydrogen-bond acceptors (Lipinski definition) is 4. The molecule has 0 aliphatic heterocycles.